The van der Waals surface area contributed by atoms with E-state index in [9.17, 15) is 14.4 Å². The van der Waals surface area contributed by atoms with Crippen LogP contribution in [0.15, 0.2) is 109 Å². The fraction of sp³-hybridized carbons (Fsp3) is 0.340. The first-order valence-corrected chi connectivity index (χ1v) is 20.3. The molecule has 0 spiro atoms. The first-order valence-electron chi connectivity index (χ1n) is 20.3. The lowest BCUT2D eigenvalue weighted by Crippen LogP contribution is -2.49. The quantitative estimate of drug-likeness (QED) is 0.166. The summed E-state index contributed by atoms with van der Waals surface area (Å²) in [7, 11) is 0. The summed E-state index contributed by atoms with van der Waals surface area (Å²) in [5.41, 5.74) is 7.95. The van der Waals surface area contributed by atoms with Crippen molar-refractivity contribution in [3.05, 3.63) is 132 Å². The smallest absolute Gasteiger partial charge is 0.419 e. The molecule has 4 aromatic carbocycles. The molecule has 0 unspecified atom stereocenters. The van der Waals surface area contributed by atoms with Crippen LogP contribution in [0.3, 0.4) is 0 Å². The van der Waals surface area contributed by atoms with Gasteiger partial charge in [0.15, 0.2) is 0 Å². The molecule has 2 aliphatic rings. The van der Waals surface area contributed by atoms with Crippen molar-refractivity contribution in [3.63, 3.8) is 0 Å². The van der Waals surface area contributed by atoms with Gasteiger partial charge in [0.25, 0.3) is 0 Å². The van der Waals surface area contributed by atoms with Gasteiger partial charge in [0, 0.05) is 92.4 Å². The molecule has 0 bridgehead atoms. The molecule has 2 fully saturated rings. The number of H-pyrrole nitrogens is 1. The molecular formula is C47H54N6O6. The van der Waals surface area contributed by atoms with E-state index in [1.54, 1.807) is 14.4 Å². The van der Waals surface area contributed by atoms with Crippen LogP contribution in [0.25, 0.3) is 21.8 Å². The van der Waals surface area contributed by atoms with Gasteiger partial charge in [0.1, 0.15) is 18.8 Å². The average Bonchev–Trinajstić information content (AvgIpc) is 3.81. The van der Waals surface area contributed by atoms with Gasteiger partial charge in [-0.1, -0.05) is 72.8 Å². The molecule has 2 aromatic heterocycles. The molecule has 12 nitrogen and oxygen atoms in total. The van der Waals surface area contributed by atoms with Gasteiger partial charge in [-0.25, -0.2) is 14.4 Å². The van der Waals surface area contributed by atoms with Gasteiger partial charge in [-0.3, -0.25) is 4.57 Å². The molecule has 0 saturated carbocycles. The average molecular weight is 799 g/mol. The molecule has 2 saturated heterocycles. The largest absolute Gasteiger partial charge is 0.445 e. The molecule has 6 aromatic rings. The van der Waals surface area contributed by atoms with Gasteiger partial charge in [0.2, 0.25) is 0 Å². The zero-order valence-electron chi connectivity index (χ0n) is 34.6. The summed E-state index contributed by atoms with van der Waals surface area (Å²) >= 11 is 0. The van der Waals surface area contributed by atoms with Crippen molar-refractivity contribution < 1.29 is 28.6 Å². The Morgan fingerprint density at radius 1 is 0.576 bits per heavy atom. The molecule has 0 aliphatic carbocycles. The first kappa shape index (κ1) is 40.8. The van der Waals surface area contributed by atoms with Gasteiger partial charge in [-0.15, -0.1) is 0 Å². The lowest BCUT2D eigenvalue weighted by molar-refractivity contribution is 0.0544. The van der Waals surface area contributed by atoms with Crippen LogP contribution in [0.5, 0.6) is 0 Å². The minimum absolute atomic E-state index is 0.232. The normalized spacial score (nSPS) is 14.5. The summed E-state index contributed by atoms with van der Waals surface area (Å²) in [6.07, 6.45) is 2.97. The fourth-order valence-electron chi connectivity index (χ4n) is 7.66. The molecular weight excluding hydrogens is 745 g/mol. The van der Waals surface area contributed by atoms with Crippen molar-refractivity contribution in [3.8, 4) is 0 Å². The number of nitrogens with zero attached hydrogens (tertiary/aromatic N) is 5. The van der Waals surface area contributed by atoms with Crippen molar-refractivity contribution in [1.82, 2.24) is 19.4 Å². The number of aryl methyl sites for hydroxylation is 2. The summed E-state index contributed by atoms with van der Waals surface area (Å²) in [5, 5.41) is 2.30. The van der Waals surface area contributed by atoms with E-state index in [4.69, 9.17) is 14.2 Å². The van der Waals surface area contributed by atoms with E-state index in [0.29, 0.717) is 45.9 Å². The number of benzene rings is 4. The molecule has 308 valence electrons. The van der Waals surface area contributed by atoms with Gasteiger partial charge >= 0.3 is 18.3 Å². The maximum absolute atomic E-state index is 12.7. The number of amides is 2. The number of carbonyl (C=O) groups is 3. The highest BCUT2D eigenvalue weighted by Gasteiger charge is 2.27. The first-order chi connectivity index (χ1) is 28.4. The van der Waals surface area contributed by atoms with Gasteiger partial charge in [-0.05, 0) is 81.1 Å². The van der Waals surface area contributed by atoms with Crippen molar-refractivity contribution in [2.24, 2.45) is 0 Å². The van der Waals surface area contributed by atoms with Crippen molar-refractivity contribution in [2.75, 3.05) is 62.2 Å². The highest BCUT2D eigenvalue weighted by atomic mass is 16.6. The van der Waals surface area contributed by atoms with Crippen LogP contribution in [0.2, 0.25) is 0 Å². The fourth-order valence-corrected chi connectivity index (χ4v) is 7.66. The van der Waals surface area contributed by atoms with E-state index in [1.807, 2.05) is 113 Å². The number of fused-ring (bicyclic) bond motifs is 2. The Labute approximate surface area is 345 Å². The standard InChI is InChI=1S/C26H31N3O4.C21H23N3O2/c1-19-17-29(25(31)33-26(2,3)4)22-12-8-11-21(23(19)22)27-13-15-28(16-14-27)24(30)32-18-20-9-6-5-7-10-20;1-16-14-22-18-8-5-9-19(20(16)18)23-10-12-24(13-11-23)21(25)26-15-17-6-3-2-4-7-17/h5-12,17H,13-16,18H2,1-4H3;2-9,14,22H,10-13,15H2,1H3. The third-order valence-electron chi connectivity index (χ3n) is 10.6. The molecule has 0 atom stereocenters. The zero-order valence-corrected chi connectivity index (χ0v) is 34.6. The lowest BCUT2D eigenvalue weighted by atomic mass is 10.1. The number of nitrogens with one attached hydrogen (secondary N) is 1. The Bertz CT molecular complexity index is 2370. The minimum atomic E-state index is -0.565. The van der Waals surface area contributed by atoms with Crippen LogP contribution >= 0.6 is 0 Å². The number of hydrogen-bond donors (Lipinski definition) is 1. The third-order valence-corrected chi connectivity index (χ3v) is 10.6. The maximum atomic E-state index is 12.7. The number of hydrogen-bond acceptors (Lipinski definition) is 8. The second-order valence-corrected chi connectivity index (χ2v) is 16.0. The molecule has 4 heterocycles. The third kappa shape index (κ3) is 9.82. The summed E-state index contributed by atoms with van der Waals surface area (Å²) in [6, 6.07) is 31.8. The van der Waals surface area contributed by atoms with Crippen molar-refractivity contribution in [2.45, 2.75) is 53.4 Å². The number of aromatic amines is 1. The van der Waals surface area contributed by atoms with Crippen LogP contribution in [0.1, 0.15) is 43.0 Å². The van der Waals surface area contributed by atoms with Crippen LogP contribution in [0, 0.1) is 13.8 Å². The molecule has 59 heavy (non-hydrogen) atoms. The topological polar surface area (TPSA) is 113 Å². The Kier molecular flexibility index (Phi) is 12.4. The van der Waals surface area contributed by atoms with E-state index < -0.39 is 5.60 Å². The Morgan fingerprint density at radius 2 is 1.07 bits per heavy atom. The van der Waals surface area contributed by atoms with Crippen LogP contribution in [-0.2, 0) is 27.4 Å². The maximum Gasteiger partial charge on any atom is 0.419 e. The van der Waals surface area contributed by atoms with Crippen molar-refractivity contribution in [1.29, 1.82) is 0 Å². The Morgan fingerprint density at radius 3 is 1.58 bits per heavy atom. The summed E-state index contributed by atoms with van der Waals surface area (Å²) in [5.74, 6) is 0. The van der Waals surface area contributed by atoms with E-state index >= 15 is 0 Å². The molecule has 2 aliphatic heterocycles. The Hall–Kier alpha value is -6.43. The van der Waals surface area contributed by atoms with E-state index in [2.05, 4.69) is 46.0 Å². The highest BCUT2D eigenvalue weighted by molar-refractivity contribution is 6.00. The molecule has 0 radical (unpaired) electrons. The minimum Gasteiger partial charge on any atom is -0.445 e. The van der Waals surface area contributed by atoms with E-state index in [1.165, 1.54) is 16.6 Å². The van der Waals surface area contributed by atoms with Crippen LogP contribution in [-0.4, -0.2) is 95.6 Å². The number of anilines is 2. The SMILES string of the molecule is Cc1c[nH]c2cccc(N3CCN(C(=O)OCc4ccccc4)CC3)c12.Cc1cn(C(=O)OC(C)(C)C)c2cccc(N3CCN(C(=O)OCc4ccccc4)CC3)c12. The number of carbonyl (C=O) groups excluding carboxylic acids is 3. The van der Waals surface area contributed by atoms with Gasteiger partial charge in [-0.2, -0.15) is 0 Å². The molecule has 12 heteroatoms. The number of aromatic nitrogens is 2. The lowest BCUT2D eigenvalue weighted by Gasteiger charge is -2.36. The van der Waals surface area contributed by atoms with E-state index in [-0.39, 0.29) is 24.9 Å². The number of rotatable bonds is 6. The van der Waals surface area contributed by atoms with Gasteiger partial charge < -0.3 is 38.8 Å². The summed E-state index contributed by atoms with van der Waals surface area (Å²) in [4.78, 5) is 49.0. The predicted octanol–water partition coefficient (Wildman–Crippen LogP) is 9.13. The molecule has 1 N–H and O–H groups in total. The predicted molar refractivity (Wildman–Crippen MR) is 232 cm³/mol. The van der Waals surface area contributed by atoms with Gasteiger partial charge in [0.05, 0.1) is 5.52 Å². The second kappa shape index (κ2) is 18.0. The number of piperazine rings is 2. The monoisotopic (exact) mass is 798 g/mol. The van der Waals surface area contributed by atoms with Crippen molar-refractivity contribution >= 4 is 51.5 Å². The molecule has 2 amide bonds. The number of ether oxygens (including phenoxy) is 3. The molecule has 8 rings (SSSR count). The zero-order chi connectivity index (χ0) is 41.5. The highest BCUT2D eigenvalue weighted by Crippen LogP contribution is 2.33. The van der Waals surface area contributed by atoms with E-state index in [0.717, 1.165) is 51.9 Å². The summed E-state index contributed by atoms with van der Waals surface area (Å²) < 4.78 is 18.1. The Balaban J connectivity index is 0.000000184. The second-order valence-electron chi connectivity index (χ2n) is 16.0. The summed E-state index contributed by atoms with van der Waals surface area (Å²) in [6.45, 7) is 15.8. The van der Waals surface area contributed by atoms with Crippen LogP contribution in [0.4, 0.5) is 25.8 Å². The van der Waals surface area contributed by atoms with Crippen LogP contribution < -0.4 is 9.80 Å².